The van der Waals surface area contributed by atoms with Gasteiger partial charge in [-0.3, -0.25) is 0 Å². The lowest BCUT2D eigenvalue weighted by Crippen LogP contribution is -2.36. The van der Waals surface area contributed by atoms with Crippen molar-refractivity contribution in [2.24, 2.45) is 0 Å². The zero-order chi connectivity index (χ0) is 17.5. The smallest absolute Gasteiger partial charge is 0.319 e. The normalized spacial score (nSPS) is 10.0. The van der Waals surface area contributed by atoms with Gasteiger partial charge in [-0.1, -0.05) is 44.4 Å². The van der Waals surface area contributed by atoms with Crippen LogP contribution in [0.15, 0.2) is 30.3 Å². The Morgan fingerprint density at radius 2 is 1.29 bits per heavy atom. The first-order valence-electron chi connectivity index (χ1n) is 8.84. The molecule has 134 valence electrons. The molecule has 6 nitrogen and oxygen atoms in total. The molecule has 0 unspecified atom stereocenters. The van der Waals surface area contributed by atoms with Gasteiger partial charge in [0.1, 0.15) is 0 Å². The third-order valence-electron chi connectivity index (χ3n) is 3.52. The minimum Gasteiger partial charge on any atom is -0.338 e. The summed E-state index contributed by atoms with van der Waals surface area (Å²) in [6.07, 6.45) is 6.06. The number of amides is 4. The molecule has 0 atom stereocenters. The van der Waals surface area contributed by atoms with Gasteiger partial charge in [-0.2, -0.15) is 0 Å². The van der Waals surface area contributed by atoms with Crippen LogP contribution in [0.25, 0.3) is 0 Å². The fourth-order valence-corrected chi connectivity index (χ4v) is 2.15. The van der Waals surface area contributed by atoms with E-state index >= 15 is 0 Å². The number of urea groups is 2. The van der Waals surface area contributed by atoms with E-state index in [1.807, 2.05) is 30.3 Å². The van der Waals surface area contributed by atoms with Crippen molar-refractivity contribution < 1.29 is 9.59 Å². The van der Waals surface area contributed by atoms with Crippen LogP contribution in [0.5, 0.6) is 0 Å². The Kier molecular flexibility index (Phi) is 10.9. The maximum absolute atomic E-state index is 11.7. The molecular weight excluding hydrogens is 304 g/mol. The van der Waals surface area contributed by atoms with Crippen LogP contribution in [0.4, 0.5) is 15.3 Å². The largest absolute Gasteiger partial charge is 0.338 e. The number of nitrogens with one attached hydrogen (secondary N) is 4. The number of benzene rings is 1. The van der Waals surface area contributed by atoms with E-state index in [0.717, 1.165) is 50.8 Å². The van der Waals surface area contributed by atoms with E-state index in [0.29, 0.717) is 13.1 Å². The first-order valence-corrected chi connectivity index (χ1v) is 8.84. The summed E-state index contributed by atoms with van der Waals surface area (Å²) in [4.78, 5) is 23.1. The Labute approximate surface area is 144 Å². The van der Waals surface area contributed by atoms with Crippen LogP contribution in [0.2, 0.25) is 0 Å². The minimum absolute atomic E-state index is 0.0808. The van der Waals surface area contributed by atoms with Crippen molar-refractivity contribution >= 4 is 17.7 Å². The molecule has 0 aliphatic heterocycles. The Morgan fingerprint density at radius 3 is 1.88 bits per heavy atom. The Balaban J connectivity index is 1.90. The summed E-state index contributed by atoms with van der Waals surface area (Å²) in [5.74, 6) is 0. The second-order valence-electron chi connectivity index (χ2n) is 5.70. The number of carbonyl (C=O) groups excluding carboxylic acids is 2. The molecular formula is C18H30N4O2. The molecule has 1 aromatic carbocycles. The van der Waals surface area contributed by atoms with Crippen molar-refractivity contribution in [2.45, 2.75) is 45.4 Å². The maximum atomic E-state index is 11.7. The number of rotatable bonds is 11. The van der Waals surface area contributed by atoms with E-state index in [1.165, 1.54) is 0 Å². The van der Waals surface area contributed by atoms with E-state index in [2.05, 4.69) is 28.2 Å². The number of hydrogen-bond donors (Lipinski definition) is 4. The van der Waals surface area contributed by atoms with Crippen LogP contribution < -0.4 is 21.3 Å². The summed E-state index contributed by atoms with van der Waals surface area (Å²) < 4.78 is 0. The van der Waals surface area contributed by atoms with Gasteiger partial charge in [0.15, 0.2) is 0 Å². The zero-order valence-electron chi connectivity index (χ0n) is 14.6. The number of unbranched alkanes of at least 4 members (excludes halogenated alkanes) is 4. The van der Waals surface area contributed by atoms with Crippen LogP contribution in [0, 0.1) is 0 Å². The van der Waals surface area contributed by atoms with Crippen molar-refractivity contribution in [3.63, 3.8) is 0 Å². The van der Waals surface area contributed by atoms with Gasteiger partial charge in [-0.25, -0.2) is 9.59 Å². The molecule has 0 heterocycles. The molecule has 0 bridgehead atoms. The van der Waals surface area contributed by atoms with Crippen LogP contribution in [0.1, 0.15) is 45.4 Å². The summed E-state index contributed by atoms with van der Waals surface area (Å²) >= 11 is 0. The fraction of sp³-hybridized carbons (Fsp3) is 0.556. The zero-order valence-corrected chi connectivity index (χ0v) is 14.6. The highest BCUT2D eigenvalue weighted by Gasteiger charge is 2.00. The van der Waals surface area contributed by atoms with Crippen LogP contribution in [-0.2, 0) is 0 Å². The van der Waals surface area contributed by atoms with Gasteiger partial charge < -0.3 is 21.3 Å². The van der Waals surface area contributed by atoms with E-state index in [9.17, 15) is 9.59 Å². The Morgan fingerprint density at radius 1 is 0.750 bits per heavy atom. The van der Waals surface area contributed by atoms with Gasteiger partial charge in [0.05, 0.1) is 0 Å². The van der Waals surface area contributed by atoms with Crippen molar-refractivity contribution in [2.75, 3.05) is 25.0 Å². The first kappa shape index (κ1) is 19.8. The van der Waals surface area contributed by atoms with Crippen molar-refractivity contribution in [3.05, 3.63) is 30.3 Å². The Bertz CT molecular complexity index is 465. The summed E-state index contributed by atoms with van der Waals surface area (Å²) in [7, 11) is 0. The van der Waals surface area contributed by atoms with E-state index in [-0.39, 0.29) is 12.1 Å². The molecule has 1 rings (SSSR count). The molecule has 0 fully saturated rings. The van der Waals surface area contributed by atoms with Crippen LogP contribution >= 0.6 is 0 Å². The molecule has 0 saturated heterocycles. The molecule has 4 N–H and O–H groups in total. The first-order chi connectivity index (χ1) is 11.7. The second kappa shape index (κ2) is 13.2. The molecule has 0 saturated carbocycles. The molecule has 4 amide bonds. The number of hydrogen-bond acceptors (Lipinski definition) is 2. The third-order valence-corrected chi connectivity index (χ3v) is 3.52. The fourth-order valence-electron chi connectivity index (χ4n) is 2.15. The lowest BCUT2D eigenvalue weighted by Gasteiger charge is -2.08. The average Bonchev–Trinajstić information content (AvgIpc) is 2.58. The van der Waals surface area contributed by atoms with Gasteiger partial charge in [-0.05, 0) is 31.4 Å². The van der Waals surface area contributed by atoms with Crippen LogP contribution in [0.3, 0.4) is 0 Å². The van der Waals surface area contributed by atoms with Crippen molar-refractivity contribution in [1.29, 1.82) is 0 Å². The summed E-state index contributed by atoms with van der Waals surface area (Å²) in [5.41, 5.74) is 0.790. The minimum atomic E-state index is -0.174. The molecule has 0 aliphatic rings. The lowest BCUT2D eigenvalue weighted by atomic mass is 10.2. The van der Waals surface area contributed by atoms with Crippen LogP contribution in [-0.4, -0.2) is 31.7 Å². The molecule has 0 aliphatic carbocycles. The van der Waals surface area contributed by atoms with E-state index in [4.69, 9.17) is 0 Å². The lowest BCUT2D eigenvalue weighted by molar-refractivity contribution is 0.240. The third kappa shape index (κ3) is 10.5. The molecule has 0 aromatic heterocycles. The highest BCUT2D eigenvalue weighted by atomic mass is 16.2. The predicted octanol–water partition coefficient (Wildman–Crippen LogP) is 3.47. The standard InChI is InChI=1S/C18H30N4O2/c1-2-3-13-19-17(23)20-14-9-4-5-10-15-21-18(24)22-16-11-7-6-8-12-16/h6-8,11-12H,2-5,9-10,13-15H2,1H3,(H2,19,20,23)(H2,21,22,24). The maximum Gasteiger partial charge on any atom is 0.319 e. The molecule has 24 heavy (non-hydrogen) atoms. The highest BCUT2D eigenvalue weighted by Crippen LogP contribution is 2.04. The number of anilines is 1. The number of carbonyl (C=O) groups is 2. The van der Waals surface area contributed by atoms with E-state index < -0.39 is 0 Å². The average molecular weight is 334 g/mol. The quantitative estimate of drug-likeness (QED) is 0.467. The predicted molar refractivity (Wildman–Crippen MR) is 98.2 cm³/mol. The molecule has 6 heteroatoms. The summed E-state index contributed by atoms with van der Waals surface area (Å²) in [6, 6.07) is 9.12. The monoisotopic (exact) mass is 334 g/mol. The van der Waals surface area contributed by atoms with Crippen molar-refractivity contribution in [1.82, 2.24) is 16.0 Å². The topological polar surface area (TPSA) is 82.3 Å². The highest BCUT2D eigenvalue weighted by molar-refractivity contribution is 5.89. The number of para-hydroxylation sites is 1. The Hall–Kier alpha value is -2.24. The molecule has 0 radical (unpaired) electrons. The second-order valence-corrected chi connectivity index (χ2v) is 5.70. The van der Waals surface area contributed by atoms with Gasteiger partial charge in [0.2, 0.25) is 0 Å². The molecule has 1 aromatic rings. The van der Waals surface area contributed by atoms with Gasteiger partial charge in [0, 0.05) is 25.3 Å². The van der Waals surface area contributed by atoms with Gasteiger partial charge >= 0.3 is 12.1 Å². The summed E-state index contributed by atoms with van der Waals surface area (Å²) in [6.45, 7) is 4.18. The molecule has 0 spiro atoms. The van der Waals surface area contributed by atoms with Gasteiger partial charge in [0.25, 0.3) is 0 Å². The summed E-state index contributed by atoms with van der Waals surface area (Å²) in [5, 5.41) is 11.3. The van der Waals surface area contributed by atoms with E-state index in [1.54, 1.807) is 0 Å². The van der Waals surface area contributed by atoms with Gasteiger partial charge in [-0.15, -0.1) is 0 Å². The van der Waals surface area contributed by atoms with Crippen molar-refractivity contribution in [3.8, 4) is 0 Å². The SMILES string of the molecule is CCCCNC(=O)NCCCCCCNC(=O)Nc1ccccc1.